The van der Waals surface area contributed by atoms with E-state index in [1.54, 1.807) is 34.1 Å². The van der Waals surface area contributed by atoms with Crippen LogP contribution in [0.25, 0.3) is 10.9 Å². The molecule has 0 aliphatic carbocycles. The number of carbonyl (C=O) groups is 2. The number of benzene rings is 1. The normalized spacial score (nSPS) is 19.5. The van der Waals surface area contributed by atoms with Crippen molar-refractivity contribution in [1.29, 1.82) is 0 Å². The molecular formula is C19H21N5O5. The van der Waals surface area contributed by atoms with Gasteiger partial charge < -0.3 is 19.7 Å². The number of para-hydroxylation sites is 1. The number of rotatable bonds is 3. The first-order chi connectivity index (χ1) is 13.9. The Balaban J connectivity index is 1.65. The molecule has 4 rings (SSSR count). The monoisotopic (exact) mass is 399 g/mol. The average molecular weight is 399 g/mol. The number of carbonyl (C=O) groups excluding carboxylic acids is 2. The second kappa shape index (κ2) is 7.19. The largest absolute Gasteiger partial charge is 0.362 e. The summed E-state index contributed by atoms with van der Waals surface area (Å²) in [6.07, 6.45) is 0.838. The van der Waals surface area contributed by atoms with Gasteiger partial charge in [0.05, 0.1) is 10.4 Å². The van der Waals surface area contributed by atoms with Crippen molar-refractivity contribution in [2.75, 3.05) is 31.1 Å². The summed E-state index contributed by atoms with van der Waals surface area (Å²) in [7, 11) is 1.52. The Kier molecular flexibility index (Phi) is 4.69. The summed E-state index contributed by atoms with van der Waals surface area (Å²) >= 11 is 0. The molecule has 1 aromatic carbocycles. The number of pyridine rings is 1. The lowest BCUT2D eigenvalue weighted by Crippen LogP contribution is -2.53. The fraction of sp³-hybridized carbons (Fsp3) is 0.421. The van der Waals surface area contributed by atoms with Crippen molar-refractivity contribution in [2.24, 2.45) is 7.05 Å². The molecule has 29 heavy (non-hydrogen) atoms. The van der Waals surface area contributed by atoms with Crippen molar-refractivity contribution in [3.8, 4) is 0 Å². The van der Waals surface area contributed by atoms with Crippen molar-refractivity contribution in [3.05, 3.63) is 44.7 Å². The Hall–Kier alpha value is -3.43. The molecule has 0 saturated carbocycles. The van der Waals surface area contributed by atoms with Gasteiger partial charge in [-0.1, -0.05) is 18.2 Å². The maximum absolute atomic E-state index is 12.7. The summed E-state index contributed by atoms with van der Waals surface area (Å²) in [6.45, 7) is 1.46. The molecule has 10 nitrogen and oxygen atoms in total. The fourth-order valence-corrected chi connectivity index (χ4v) is 4.12. The zero-order valence-corrected chi connectivity index (χ0v) is 16.0. The fourth-order valence-electron chi connectivity index (χ4n) is 4.12. The maximum atomic E-state index is 12.7. The van der Waals surface area contributed by atoms with Crippen LogP contribution in [0.15, 0.2) is 29.1 Å². The van der Waals surface area contributed by atoms with Crippen molar-refractivity contribution in [1.82, 2.24) is 14.8 Å². The standard InChI is InChI=1S/C19H21N5O5/c1-21-14-5-3-2-4-12(14)16(17(19(21)27)24(28)29)22-8-10-23(11-9-22)18(26)13-6-7-15(25)20-13/h2-5,13H,6-11H2,1H3,(H,20,25). The molecule has 1 N–H and O–H groups in total. The highest BCUT2D eigenvalue weighted by Gasteiger charge is 2.35. The van der Waals surface area contributed by atoms with E-state index in [1.165, 1.54) is 11.6 Å². The summed E-state index contributed by atoms with van der Waals surface area (Å²) in [5.41, 5.74) is -0.190. The highest BCUT2D eigenvalue weighted by Crippen LogP contribution is 2.33. The molecule has 2 aromatic rings. The van der Waals surface area contributed by atoms with Crippen LogP contribution in [0.5, 0.6) is 0 Å². The van der Waals surface area contributed by atoms with Gasteiger partial charge in [0.25, 0.3) is 0 Å². The van der Waals surface area contributed by atoms with Gasteiger partial charge in [0.15, 0.2) is 0 Å². The summed E-state index contributed by atoms with van der Waals surface area (Å²) in [4.78, 5) is 51.2. The van der Waals surface area contributed by atoms with Crippen LogP contribution in [-0.4, -0.2) is 58.4 Å². The molecule has 1 unspecified atom stereocenters. The van der Waals surface area contributed by atoms with E-state index in [2.05, 4.69) is 5.32 Å². The second-order valence-corrected chi connectivity index (χ2v) is 7.31. The quantitative estimate of drug-likeness (QED) is 0.589. The van der Waals surface area contributed by atoms with Crippen molar-refractivity contribution in [3.63, 3.8) is 0 Å². The minimum absolute atomic E-state index is 0.121. The van der Waals surface area contributed by atoms with E-state index >= 15 is 0 Å². The number of hydrogen-bond acceptors (Lipinski definition) is 6. The van der Waals surface area contributed by atoms with Gasteiger partial charge in [-0.05, 0) is 12.5 Å². The summed E-state index contributed by atoms with van der Waals surface area (Å²) in [6, 6.07) is 6.59. The Morgan fingerprint density at radius 3 is 2.48 bits per heavy atom. The zero-order valence-electron chi connectivity index (χ0n) is 16.0. The van der Waals surface area contributed by atoms with Gasteiger partial charge >= 0.3 is 11.2 Å². The third-order valence-corrected chi connectivity index (χ3v) is 5.64. The molecule has 152 valence electrons. The molecule has 0 radical (unpaired) electrons. The third kappa shape index (κ3) is 3.20. The Bertz CT molecular complexity index is 1070. The Morgan fingerprint density at radius 2 is 1.86 bits per heavy atom. The highest BCUT2D eigenvalue weighted by molar-refractivity contribution is 5.97. The van der Waals surface area contributed by atoms with Gasteiger partial charge in [0.1, 0.15) is 11.7 Å². The van der Waals surface area contributed by atoms with Gasteiger partial charge in [-0.2, -0.15) is 0 Å². The van der Waals surface area contributed by atoms with Crippen molar-refractivity contribution in [2.45, 2.75) is 18.9 Å². The van der Waals surface area contributed by atoms with Gasteiger partial charge in [-0.3, -0.25) is 24.5 Å². The number of nitrogens with zero attached hydrogens (tertiary/aromatic N) is 4. The van der Waals surface area contributed by atoms with Crippen molar-refractivity contribution >= 4 is 34.1 Å². The molecule has 2 saturated heterocycles. The first-order valence-electron chi connectivity index (χ1n) is 9.47. The Morgan fingerprint density at radius 1 is 1.17 bits per heavy atom. The highest BCUT2D eigenvalue weighted by atomic mass is 16.6. The van der Waals surface area contributed by atoms with E-state index in [4.69, 9.17) is 0 Å². The molecule has 2 aliphatic heterocycles. The first kappa shape index (κ1) is 18.9. The molecule has 1 aromatic heterocycles. The number of nitrogens with one attached hydrogen (secondary N) is 1. The zero-order chi connectivity index (χ0) is 20.7. The van der Waals surface area contributed by atoms with Gasteiger partial charge in [0.2, 0.25) is 11.8 Å². The smallest absolute Gasteiger partial charge is 0.357 e. The lowest BCUT2D eigenvalue weighted by atomic mass is 10.1. The van der Waals surface area contributed by atoms with Crippen molar-refractivity contribution < 1.29 is 14.5 Å². The predicted molar refractivity (Wildman–Crippen MR) is 106 cm³/mol. The van der Waals surface area contributed by atoms with Crippen LogP contribution in [0, 0.1) is 10.1 Å². The Labute approximate surface area is 165 Å². The van der Waals surface area contributed by atoms with Crippen LogP contribution >= 0.6 is 0 Å². The third-order valence-electron chi connectivity index (χ3n) is 5.64. The number of aromatic nitrogens is 1. The van der Waals surface area contributed by atoms with E-state index in [0.717, 1.165) is 0 Å². The molecule has 0 bridgehead atoms. The molecular weight excluding hydrogens is 378 g/mol. The number of anilines is 1. The van der Waals surface area contributed by atoms with E-state index in [9.17, 15) is 24.5 Å². The van der Waals surface area contributed by atoms with E-state index in [-0.39, 0.29) is 11.8 Å². The predicted octanol–water partition coefficient (Wildman–Crippen LogP) is 0.374. The molecule has 2 aliphatic rings. The van der Waals surface area contributed by atoms with Crippen LogP contribution in [0.2, 0.25) is 0 Å². The summed E-state index contributed by atoms with van der Waals surface area (Å²) < 4.78 is 1.29. The summed E-state index contributed by atoms with van der Waals surface area (Å²) in [5.74, 6) is -0.247. The number of piperazine rings is 1. The number of nitro groups is 1. The lowest BCUT2D eigenvalue weighted by Gasteiger charge is -2.37. The maximum Gasteiger partial charge on any atom is 0.357 e. The molecule has 1 atom stereocenters. The number of hydrogen-bond donors (Lipinski definition) is 1. The van der Waals surface area contributed by atoms with Crippen LogP contribution in [0.3, 0.4) is 0 Å². The van der Waals surface area contributed by atoms with Crippen LogP contribution in [0.4, 0.5) is 11.4 Å². The SMILES string of the molecule is Cn1c(=O)c([N+](=O)[O-])c(N2CCN(C(=O)C3CCC(=O)N3)CC2)c2ccccc21. The number of aryl methyl sites for hydroxylation is 1. The van der Waals surface area contributed by atoms with Gasteiger partial charge in [0, 0.05) is 45.0 Å². The second-order valence-electron chi connectivity index (χ2n) is 7.31. The number of amides is 2. The van der Waals surface area contributed by atoms with E-state index in [0.29, 0.717) is 55.6 Å². The van der Waals surface area contributed by atoms with Gasteiger partial charge in [-0.15, -0.1) is 0 Å². The molecule has 0 spiro atoms. The van der Waals surface area contributed by atoms with E-state index in [1.807, 2.05) is 0 Å². The molecule has 3 heterocycles. The minimum atomic E-state index is -0.657. The average Bonchev–Trinajstić information content (AvgIpc) is 3.16. The van der Waals surface area contributed by atoms with E-state index < -0.39 is 22.2 Å². The number of fused-ring (bicyclic) bond motifs is 1. The summed E-state index contributed by atoms with van der Waals surface area (Å²) in [5, 5.41) is 15.0. The first-order valence-corrected chi connectivity index (χ1v) is 9.47. The van der Waals surface area contributed by atoms with Crippen LogP contribution in [-0.2, 0) is 16.6 Å². The molecule has 10 heteroatoms. The minimum Gasteiger partial charge on any atom is -0.362 e. The lowest BCUT2D eigenvalue weighted by molar-refractivity contribution is -0.385. The van der Waals surface area contributed by atoms with Crippen LogP contribution in [0.1, 0.15) is 12.8 Å². The van der Waals surface area contributed by atoms with Crippen LogP contribution < -0.4 is 15.8 Å². The van der Waals surface area contributed by atoms with Gasteiger partial charge in [-0.25, -0.2) is 0 Å². The topological polar surface area (TPSA) is 118 Å². The molecule has 2 amide bonds. The molecule has 2 fully saturated rings.